The Morgan fingerprint density at radius 2 is 1.81 bits per heavy atom. The van der Waals surface area contributed by atoms with Gasteiger partial charge in [-0.1, -0.05) is 12.1 Å². The van der Waals surface area contributed by atoms with E-state index in [1.54, 1.807) is 18.2 Å². The Kier molecular flexibility index (Phi) is 5.15. The van der Waals surface area contributed by atoms with Gasteiger partial charge >= 0.3 is 5.69 Å². The summed E-state index contributed by atoms with van der Waals surface area (Å²) < 4.78 is 34.3. The minimum absolute atomic E-state index is 0.0186. The van der Waals surface area contributed by atoms with Gasteiger partial charge in [-0.15, -0.1) is 0 Å². The Balaban J connectivity index is 1.68. The molecule has 0 amide bonds. The Labute approximate surface area is 151 Å². The number of aromatic amines is 1. The van der Waals surface area contributed by atoms with Crippen molar-refractivity contribution in [1.29, 1.82) is 0 Å². The van der Waals surface area contributed by atoms with Crippen molar-refractivity contribution in [3.63, 3.8) is 0 Å². The van der Waals surface area contributed by atoms with Gasteiger partial charge in [-0.25, -0.2) is 17.9 Å². The summed E-state index contributed by atoms with van der Waals surface area (Å²) >= 11 is 0. The Hall–Kier alpha value is -2.58. The number of hydrogen-bond donors (Lipinski definition) is 2. The highest BCUT2D eigenvalue weighted by Gasteiger charge is 2.14. The van der Waals surface area contributed by atoms with Crippen LogP contribution >= 0.6 is 0 Å². The van der Waals surface area contributed by atoms with Gasteiger partial charge < -0.3 is 9.72 Å². The highest BCUT2D eigenvalue weighted by atomic mass is 32.2. The number of hydrogen-bond acceptors (Lipinski definition) is 4. The molecule has 0 atom stereocenters. The van der Waals surface area contributed by atoms with E-state index in [-0.39, 0.29) is 29.8 Å². The van der Waals surface area contributed by atoms with Crippen LogP contribution in [0.2, 0.25) is 0 Å². The standard InChI is InChI=1S/C18H21N3O4S/c1-13(2)25-14-7-9-15(10-8-14)26(23,24)19-11-12-21-17-6-4-3-5-16(17)20-18(21)22/h3-10,13,19H,11-12H2,1-2H3,(H,20,22). The summed E-state index contributed by atoms with van der Waals surface area (Å²) in [4.78, 5) is 14.9. The predicted octanol–water partition coefficient (Wildman–Crippen LogP) is 2.10. The van der Waals surface area contributed by atoms with Crippen molar-refractivity contribution in [3.8, 4) is 5.75 Å². The van der Waals surface area contributed by atoms with Crippen LogP contribution in [-0.2, 0) is 16.6 Å². The van der Waals surface area contributed by atoms with Crippen molar-refractivity contribution in [3.05, 3.63) is 59.0 Å². The molecule has 0 aliphatic heterocycles. The number of imidazole rings is 1. The fourth-order valence-electron chi connectivity index (χ4n) is 2.67. The molecule has 0 saturated carbocycles. The van der Waals surface area contributed by atoms with Crippen LogP contribution in [0.15, 0.2) is 58.2 Å². The fourth-order valence-corrected chi connectivity index (χ4v) is 3.69. The number of ether oxygens (including phenoxy) is 1. The zero-order chi connectivity index (χ0) is 18.7. The van der Waals surface area contributed by atoms with Crippen LogP contribution in [0.25, 0.3) is 11.0 Å². The molecule has 2 aromatic carbocycles. The topological polar surface area (TPSA) is 93.2 Å². The number of fused-ring (bicyclic) bond motifs is 1. The third kappa shape index (κ3) is 3.97. The number of H-pyrrole nitrogens is 1. The van der Waals surface area contributed by atoms with E-state index in [9.17, 15) is 13.2 Å². The van der Waals surface area contributed by atoms with E-state index in [0.29, 0.717) is 5.75 Å². The molecule has 0 radical (unpaired) electrons. The molecular formula is C18H21N3O4S. The maximum absolute atomic E-state index is 12.4. The van der Waals surface area contributed by atoms with Crippen molar-refractivity contribution in [2.45, 2.75) is 31.4 Å². The monoisotopic (exact) mass is 375 g/mol. The smallest absolute Gasteiger partial charge is 0.326 e. The third-order valence-corrected chi connectivity index (χ3v) is 5.29. The van der Waals surface area contributed by atoms with Crippen LogP contribution in [0, 0.1) is 0 Å². The van der Waals surface area contributed by atoms with Crippen LogP contribution in [0.5, 0.6) is 5.75 Å². The van der Waals surface area contributed by atoms with E-state index in [1.807, 2.05) is 32.0 Å². The zero-order valence-corrected chi connectivity index (χ0v) is 15.4. The highest BCUT2D eigenvalue weighted by Crippen LogP contribution is 2.17. The van der Waals surface area contributed by atoms with Gasteiger partial charge in [0.15, 0.2) is 0 Å². The van der Waals surface area contributed by atoms with E-state index >= 15 is 0 Å². The number of nitrogens with zero attached hydrogens (tertiary/aromatic N) is 1. The second kappa shape index (κ2) is 7.35. The van der Waals surface area contributed by atoms with Crippen LogP contribution < -0.4 is 15.1 Å². The molecule has 7 nitrogen and oxygen atoms in total. The van der Waals surface area contributed by atoms with E-state index in [2.05, 4.69) is 9.71 Å². The van der Waals surface area contributed by atoms with Crippen LogP contribution in [-0.4, -0.2) is 30.6 Å². The van der Waals surface area contributed by atoms with Crippen molar-refractivity contribution in [2.24, 2.45) is 0 Å². The van der Waals surface area contributed by atoms with E-state index in [1.165, 1.54) is 16.7 Å². The molecule has 1 aromatic heterocycles. The lowest BCUT2D eigenvalue weighted by Gasteiger charge is -2.11. The van der Waals surface area contributed by atoms with Crippen molar-refractivity contribution < 1.29 is 13.2 Å². The summed E-state index contributed by atoms with van der Waals surface area (Å²) in [6, 6.07) is 13.5. The van der Waals surface area contributed by atoms with Crippen LogP contribution in [0.1, 0.15) is 13.8 Å². The van der Waals surface area contributed by atoms with Gasteiger partial charge in [0.25, 0.3) is 0 Å². The van der Waals surface area contributed by atoms with Gasteiger partial charge in [-0.05, 0) is 50.2 Å². The van der Waals surface area contributed by atoms with Gasteiger partial charge in [-0.2, -0.15) is 0 Å². The van der Waals surface area contributed by atoms with Gasteiger partial charge in [0.1, 0.15) is 5.75 Å². The summed E-state index contributed by atoms with van der Waals surface area (Å²) in [5, 5.41) is 0. The molecule has 0 aliphatic rings. The first kappa shape index (κ1) is 18.2. The molecule has 2 N–H and O–H groups in total. The maximum atomic E-state index is 12.4. The summed E-state index contributed by atoms with van der Waals surface area (Å²) in [5.74, 6) is 0.615. The molecule has 0 aliphatic carbocycles. The molecule has 3 aromatic rings. The first-order valence-corrected chi connectivity index (χ1v) is 9.79. The van der Waals surface area contributed by atoms with Gasteiger partial charge in [0.2, 0.25) is 10.0 Å². The molecule has 0 spiro atoms. The molecule has 0 fully saturated rings. The van der Waals surface area contributed by atoms with Crippen molar-refractivity contribution in [2.75, 3.05) is 6.54 Å². The number of para-hydroxylation sites is 2. The largest absolute Gasteiger partial charge is 0.491 e. The van der Waals surface area contributed by atoms with Crippen LogP contribution in [0.3, 0.4) is 0 Å². The number of nitrogens with one attached hydrogen (secondary N) is 2. The molecule has 0 saturated heterocycles. The Bertz CT molecular complexity index is 1050. The molecule has 0 unspecified atom stereocenters. The Morgan fingerprint density at radius 1 is 1.12 bits per heavy atom. The van der Waals surface area contributed by atoms with Gasteiger partial charge in [-0.3, -0.25) is 4.57 Å². The van der Waals surface area contributed by atoms with E-state index < -0.39 is 10.0 Å². The van der Waals surface area contributed by atoms with Crippen molar-refractivity contribution >= 4 is 21.1 Å². The highest BCUT2D eigenvalue weighted by molar-refractivity contribution is 7.89. The molecule has 0 bridgehead atoms. The molecule has 26 heavy (non-hydrogen) atoms. The number of rotatable bonds is 7. The van der Waals surface area contributed by atoms with Crippen LogP contribution in [0.4, 0.5) is 0 Å². The normalized spacial score (nSPS) is 12.0. The summed E-state index contributed by atoms with van der Waals surface area (Å²) in [7, 11) is -3.66. The predicted molar refractivity (Wildman–Crippen MR) is 100.0 cm³/mol. The summed E-state index contributed by atoms with van der Waals surface area (Å²) in [5.41, 5.74) is 1.20. The van der Waals surface area contributed by atoms with E-state index in [0.717, 1.165) is 11.0 Å². The lowest BCUT2D eigenvalue weighted by molar-refractivity contribution is 0.242. The first-order chi connectivity index (χ1) is 12.4. The second-order valence-corrected chi connectivity index (χ2v) is 7.90. The minimum Gasteiger partial charge on any atom is -0.491 e. The SMILES string of the molecule is CC(C)Oc1ccc(S(=O)(=O)NCCn2c(=O)[nH]c3ccccc32)cc1. The molecular weight excluding hydrogens is 354 g/mol. The zero-order valence-electron chi connectivity index (χ0n) is 14.6. The third-order valence-electron chi connectivity index (χ3n) is 3.81. The van der Waals surface area contributed by atoms with E-state index in [4.69, 9.17) is 4.74 Å². The average Bonchev–Trinajstić information content (AvgIpc) is 2.90. The van der Waals surface area contributed by atoms with Crippen molar-refractivity contribution in [1.82, 2.24) is 14.3 Å². The van der Waals surface area contributed by atoms with Gasteiger partial charge in [0, 0.05) is 13.1 Å². The lowest BCUT2D eigenvalue weighted by Crippen LogP contribution is -2.30. The molecule has 3 rings (SSSR count). The average molecular weight is 375 g/mol. The number of sulfonamides is 1. The number of aromatic nitrogens is 2. The first-order valence-electron chi connectivity index (χ1n) is 8.31. The number of benzene rings is 2. The second-order valence-electron chi connectivity index (χ2n) is 6.13. The fraction of sp³-hybridized carbons (Fsp3) is 0.278. The molecule has 1 heterocycles. The van der Waals surface area contributed by atoms with Gasteiger partial charge in [0.05, 0.1) is 22.0 Å². The molecule has 8 heteroatoms. The Morgan fingerprint density at radius 3 is 2.50 bits per heavy atom. The lowest BCUT2D eigenvalue weighted by atomic mass is 10.3. The quantitative estimate of drug-likeness (QED) is 0.661. The summed E-state index contributed by atoms with van der Waals surface area (Å²) in [6.45, 7) is 4.14. The maximum Gasteiger partial charge on any atom is 0.326 e. The molecule has 138 valence electrons. The minimum atomic E-state index is -3.66. The summed E-state index contributed by atoms with van der Waals surface area (Å²) in [6.07, 6.45) is 0.0186.